The molecule has 0 bridgehead atoms. The van der Waals surface area contributed by atoms with Crippen LogP contribution in [0, 0.1) is 11.7 Å². The van der Waals surface area contributed by atoms with Crippen LogP contribution in [0.1, 0.15) is 24.0 Å². The number of hydrogen-bond donors (Lipinski definition) is 1. The van der Waals surface area contributed by atoms with E-state index in [4.69, 9.17) is 10.6 Å². The standard InChI is InChI=1S/C21H22FN3O3/c22-18-8-6-15(7-9-18)12-20(27)28-24-21(23)17-10-11-25(19(26)13-17)14-16-4-2-1-3-5-16/h1-9,17H,10-14H2,(H2,23,24). The van der Waals surface area contributed by atoms with Crippen molar-refractivity contribution in [3.05, 3.63) is 71.5 Å². The Balaban J connectivity index is 1.49. The summed E-state index contributed by atoms with van der Waals surface area (Å²) >= 11 is 0. The van der Waals surface area contributed by atoms with Crippen LogP contribution in [0.4, 0.5) is 4.39 Å². The van der Waals surface area contributed by atoms with Gasteiger partial charge in [0, 0.05) is 25.4 Å². The van der Waals surface area contributed by atoms with Gasteiger partial charge in [-0.15, -0.1) is 0 Å². The number of hydrogen-bond acceptors (Lipinski definition) is 4. The van der Waals surface area contributed by atoms with Crippen LogP contribution >= 0.6 is 0 Å². The molecule has 1 aliphatic heterocycles. The fourth-order valence-corrected chi connectivity index (χ4v) is 3.08. The third-order valence-corrected chi connectivity index (χ3v) is 4.67. The molecule has 0 aromatic heterocycles. The lowest BCUT2D eigenvalue weighted by atomic mass is 9.95. The molecule has 2 aromatic rings. The monoisotopic (exact) mass is 383 g/mol. The summed E-state index contributed by atoms with van der Waals surface area (Å²) in [5, 5.41) is 3.71. The quantitative estimate of drug-likeness (QED) is 0.360. The lowest BCUT2D eigenvalue weighted by Crippen LogP contribution is -2.42. The molecule has 1 fully saturated rings. The van der Waals surface area contributed by atoms with Crippen LogP contribution in [-0.4, -0.2) is 29.2 Å². The highest BCUT2D eigenvalue weighted by Crippen LogP contribution is 2.20. The number of likely N-dealkylation sites (tertiary alicyclic amines) is 1. The molecular formula is C21H22FN3O3. The third-order valence-electron chi connectivity index (χ3n) is 4.67. The summed E-state index contributed by atoms with van der Waals surface area (Å²) in [6.07, 6.45) is 0.854. The minimum Gasteiger partial charge on any atom is -0.384 e. The fourth-order valence-electron chi connectivity index (χ4n) is 3.08. The molecule has 0 spiro atoms. The number of oxime groups is 1. The molecule has 1 amide bonds. The number of nitrogens with zero attached hydrogens (tertiary/aromatic N) is 2. The minimum absolute atomic E-state index is 0.00380. The van der Waals surface area contributed by atoms with E-state index in [2.05, 4.69) is 5.16 Å². The predicted octanol–water partition coefficient (Wildman–Crippen LogP) is 2.62. The van der Waals surface area contributed by atoms with Gasteiger partial charge in [0.15, 0.2) is 0 Å². The highest BCUT2D eigenvalue weighted by Gasteiger charge is 2.28. The second-order valence-corrected chi connectivity index (χ2v) is 6.77. The van der Waals surface area contributed by atoms with Gasteiger partial charge >= 0.3 is 5.97 Å². The van der Waals surface area contributed by atoms with Crippen molar-refractivity contribution in [2.45, 2.75) is 25.8 Å². The third kappa shape index (κ3) is 5.39. The number of rotatable bonds is 6. The summed E-state index contributed by atoms with van der Waals surface area (Å²) in [6.45, 7) is 1.13. The van der Waals surface area contributed by atoms with Crippen LogP contribution in [0.3, 0.4) is 0 Å². The first-order chi connectivity index (χ1) is 13.5. The minimum atomic E-state index is -0.595. The Kier molecular flexibility index (Phi) is 6.37. The van der Waals surface area contributed by atoms with Crippen molar-refractivity contribution < 1.29 is 18.8 Å². The van der Waals surface area contributed by atoms with E-state index in [1.54, 1.807) is 4.90 Å². The molecule has 2 aromatic carbocycles. The molecule has 0 radical (unpaired) electrons. The molecule has 28 heavy (non-hydrogen) atoms. The van der Waals surface area contributed by atoms with E-state index in [1.165, 1.54) is 24.3 Å². The normalized spacial score (nSPS) is 17.5. The molecule has 3 rings (SSSR count). The first-order valence-electron chi connectivity index (χ1n) is 9.10. The van der Waals surface area contributed by atoms with Crippen molar-refractivity contribution in [3.8, 4) is 0 Å². The van der Waals surface area contributed by atoms with Crippen LogP contribution in [0.5, 0.6) is 0 Å². The van der Waals surface area contributed by atoms with E-state index in [9.17, 15) is 14.0 Å². The molecule has 0 saturated carbocycles. The molecule has 6 nitrogen and oxygen atoms in total. The first-order valence-corrected chi connectivity index (χ1v) is 9.10. The van der Waals surface area contributed by atoms with E-state index < -0.39 is 5.97 Å². The van der Waals surface area contributed by atoms with Gasteiger partial charge < -0.3 is 15.5 Å². The van der Waals surface area contributed by atoms with Crippen molar-refractivity contribution in [3.63, 3.8) is 0 Å². The van der Waals surface area contributed by atoms with Gasteiger partial charge in [0.05, 0.1) is 6.42 Å². The summed E-state index contributed by atoms with van der Waals surface area (Å²) in [5.74, 6) is -1.08. The molecule has 146 valence electrons. The number of amides is 1. The van der Waals surface area contributed by atoms with Gasteiger partial charge in [0.1, 0.15) is 11.7 Å². The molecule has 7 heteroatoms. The summed E-state index contributed by atoms with van der Waals surface area (Å²) < 4.78 is 12.9. The van der Waals surface area contributed by atoms with Gasteiger partial charge in [0.2, 0.25) is 5.91 Å². The highest BCUT2D eigenvalue weighted by molar-refractivity contribution is 5.89. The van der Waals surface area contributed by atoms with E-state index in [0.29, 0.717) is 25.1 Å². The Bertz CT molecular complexity index is 853. The van der Waals surface area contributed by atoms with Gasteiger partial charge in [-0.2, -0.15) is 0 Å². The van der Waals surface area contributed by atoms with Crippen LogP contribution in [0.25, 0.3) is 0 Å². The SMILES string of the molecule is N/C(=N\OC(=O)Cc1ccc(F)cc1)C1CCN(Cc2ccccc2)C(=O)C1. The average Bonchev–Trinajstić information content (AvgIpc) is 2.70. The van der Waals surface area contributed by atoms with Crippen molar-refractivity contribution in [1.82, 2.24) is 4.90 Å². The Morgan fingerprint density at radius 3 is 2.54 bits per heavy atom. The average molecular weight is 383 g/mol. The number of nitrogens with two attached hydrogens (primary N) is 1. The Morgan fingerprint density at radius 2 is 1.86 bits per heavy atom. The fraction of sp³-hybridized carbons (Fsp3) is 0.286. The lowest BCUT2D eigenvalue weighted by molar-refractivity contribution is -0.142. The zero-order valence-corrected chi connectivity index (χ0v) is 15.4. The van der Waals surface area contributed by atoms with E-state index in [1.807, 2.05) is 30.3 Å². The Hall–Kier alpha value is -3.22. The molecule has 1 heterocycles. The number of carbonyl (C=O) groups is 2. The largest absolute Gasteiger partial charge is 0.384 e. The molecule has 1 atom stereocenters. The maximum atomic E-state index is 12.9. The van der Waals surface area contributed by atoms with Crippen molar-refractivity contribution in [2.24, 2.45) is 16.8 Å². The van der Waals surface area contributed by atoms with Gasteiger partial charge in [-0.05, 0) is 29.7 Å². The maximum Gasteiger partial charge on any atom is 0.339 e. The van der Waals surface area contributed by atoms with Gasteiger partial charge in [0.25, 0.3) is 0 Å². The predicted molar refractivity (Wildman–Crippen MR) is 102 cm³/mol. The molecule has 1 unspecified atom stereocenters. The maximum absolute atomic E-state index is 12.9. The molecule has 1 aliphatic rings. The molecule has 1 saturated heterocycles. The Morgan fingerprint density at radius 1 is 1.14 bits per heavy atom. The number of piperidine rings is 1. The van der Waals surface area contributed by atoms with Gasteiger partial charge in [-0.1, -0.05) is 47.6 Å². The lowest BCUT2D eigenvalue weighted by Gasteiger charge is -2.31. The summed E-state index contributed by atoms with van der Waals surface area (Å²) in [4.78, 5) is 30.9. The van der Waals surface area contributed by atoms with Gasteiger partial charge in [-0.25, -0.2) is 9.18 Å². The topological polar surface area (TPSA) is 85.0 Å². The molecule has 2 N–H and O–H groups in total. The van der Waals surface area contributed by atoms with E-state index >= 15 is 0 Å². The second-order valence-electron chi connectivity index (χ2n) is 6.77. The van der Waals surface area contributed by atoms with E-state index in [0.717, 1.165) is 5.56 Å². The first kappa shape index (κ1) is 19.5. The van der Waals surface area contributed by atoms with Crippen molar-refractivity contribution in [2.75, 3.05) is 6.54 Å². The summed E-state index contributed by atoms with van der Waals surface area (Å²) in [5.41, 5.74) is 7.61. The van der Waals surface area contributed by atoms with Crippen LogP contribution in [0.2, 0.25) is 0 Å². The second kappa shape index (κ2) is 9.12. The van der Waals surface area contributed by atoms with Crippen molar-refractivity contribution >= 4 is 17.7 Å². The highest BCUT2D eigenvalue weighted by atomic mass is 19.1. The summed E-state index contributed by atoms with van der Waals surface area (Å²) in [6, 6.07) is 15.3. The molecule has 0 aliphatic carbocycles. The zero-order valence-electron chi connectivity index (χ0n) is 15.4. The number of amidine groups is 1. The number of halogens is 1. The number of carbonyl (C=O) groups excluding carboxylic acids is 2. The summed E-state index contributed by atoms with van der Waals surface area (Å²) in [7, 11) is 0. The van der Waals surface area contributed by atoms with Gasteiger partial charge in [-0.3, -0.25) is 4.79 Å². The molecular weight excluding hydrogens is 361 g/mol. The van der Waals surface area contributed by atoms with Crippen LogP contribution in [0.15, 0.2) is 59.8 Å². The van der Waals surface area contributed by atoms with Crippen LogP contribution in [-0.2, 0) is 27.4 Å². The van der Waals surface area contributed by atoms with E-state index in [-0.39, 0.29) is 36.3 Å². The Labute approximate surface area is 162 Å². The smallest absolute Gasteiger partial charge is 0.339 e. The van der Waals surface area contributed by atoms with Crippen LogP contribution < -0.4 is 5.73 Å². The number of benzene rings is 2. The zero-order chi connectivity index (χ0) is 19.9. The van der Waals surface area contributed by atoms with Crippen molar-refractivity contribution in [1.29, 1.82) is 0 Å².